The molecule has 1 unspecified atom stereocenters. The number of carboxylic acid groups (broad SMARTS) is 1. The van der Waals surface area contributed by atoms with E-state index in [1.165, 1.54) is 29.2 Å². The van der Waals surface area contributed by atoms with E-state index in [0.29, 0.717) is 12.0 Å². The molecule has 0 aromatic heterocycles. The molecule has 0 bridgehead atoms. The Bertz CT molecular complexity index is 982. The largest absolute Gasteiger partial charge is 0.508 e. The van der Waals surface area contributed by atoms with Crippen molar-refractivity contribution in [2.45, 2.75) is 36.6 Å². The number of hydrogen-bond acceptors (Lipinski definition) is 6. The molecule has 3 atom stereocenters. The van der Waals surface area contributed by atoms with Gasteiger partial charge in [0.15, 0.2) is 0 Å². The van der Waals surface area contributed by atoms with Gasteiger partial charge in [0.25, 0.3) is 0 Å². The Morgan fingerprint density at radius 1 is 1.06 bits per heavy atom. The molecular formula is C22H24N2O6S. The molecule has 1 aliphatic rings. The van der Waals surface area contributed by atoms with Crippen LogP contribution in [0.4, 0.5) is 0 Å². The van der Waals surface area contributed by atoms with Crippen LogP contribution in [-0.4, -0.2) is 55.8 Å². The average Bonchev–Trinajstić information content (AvgIpc) is 3.17. The van der Waals surface area contributed by atoms with Crippen molar-refractivity contribution >= 4 is 30.4 Å². The van der Waals surface area contributed by atoms with Crippen LogP contribution in [-0.2, 0) is 20.8 Å². The highest BCUT2D eigenvalue weighted by atomic mass is 32.1. The van der Waals surface area contributed by atoms with Crippen LogP contribution in [0, 0.1) is 0 Å². The molecule has 2 amide bonds. The lowest BCUT2D eigenvalue weighted by atomic mass is 10.0. The summed E-state index contributed by atoms with van der Waals surface area (Å²) in [6.07, 6.45) is 0.972. The van der Waals surface area contributed by atoms with Gasteiger partial charge >= 0.3 is 5.97 Å². The first-order valence-electron chi connectivity index (χ1n) is 9.83. The van der Waals surface area contributed by atoms with E-state index < -0.39 is 35.1 Å². The van der Waals surface area contributed by atoms with E-state index in [2.05, 4.69) is 17.9 Å². The second kappa shape index (κ2) is 9.74. The number of amides is 2. The Kier molecular flexibility index (Phi) is 7.06. The Balaban J connectivity index is 1.66. The van der Waals surface area contributed by atoms with Gasteiger partial charge in [0.1, 0.15) is 17.5 Å². The van der Waals surface area contributed by atoms with Crippen LogP contribution in [0.5, 0.6) is 11.5 Å². The summed E-state index contributed by atoms with van der Waals surface area (Å²) in [5.74, 6) is -2.00. The Labute approximate surface area is 184 Å². The maximum absolute atomic E-state index is 12.9. The lowest BCUT2D eigenvalue weighted by Crippen LogP contribution is -2.47. The molecule has 2 aromatic carbocycles. The number of likely N-dealkylation sites (tertiary alicyclic amines) is 1. The van der Waals surface area contributed by atoms with E-state index in [4.69, 9.17) is 0 Å². The third kappa shape index (κ3) is 5.49. The summed E-state index contributed by atoms with van der Waals surface area (Å²) >= 11 is 4.28. The number of thiol groups is 1. The molecule has 0 radical (unpaired) electrons. The van der Waals surface area contributed by atoms with Gasteiger partial charge in [0.05, 0.1) is 17.8 Å². The minimum Gasteiger partial charge on any atom is -0.508 e. The molecule has 1 heterocycles. The van der Waals surface area contributed by atoms with Crippen LogP contribution in [0.3, 0.4) is 0 Å². The fourth-order valence-corrected chi connectivity index (χ4v) is 4.13. The molecule has 0 aliphatic carbocycles. The Morgan fingerprint density at radius 2 is 1.74 bits per heavy atom. The highest BCUT2D eigenvalue weighted by Gasteiger charge is 2.41. The van der Waals surface area contributed by atoms with Crippen LogP contribution in [0.1, 0.15) is 30.0 Å². The number of aliphatic carboxylic acids is 1. The van der Waals surface area contributed by atoms with Crippen molar-refractivity contribution in [2.24, 2.45) is 0 Å². The molecule has 31 heavy (non-hydrogen) atoms. The van der Waals surface area contributed by atoms with Crippen LogP contribution >= 0.6 is 12.6 Å². The average molecular weight is 445 g/mol. The Morgan fingerprint density at radius 3 is 2.39 bits per heavy atom. The molecule has 2 aromatic rings. The molecular weight excluding hydrogens is 420 g/mol. The van der Waals surface area contributed by atoms with Gasteiger partial charge in [-0.25, -0.2) is 4.79 Å². The van der Waals surface area contributed by atoms with E-state index in [9.17, 15) is 29.7 Å². The van der Waals surface area contributed by atoms with Gasteiger partial charge < -0.3 is 25.5 Å². The van der Waals surface area contributed by atoms with Crippen molar-refractivity contribution in [3.63, 3.8) is 0 Å². The number of carboxylic acids is 1. The van der Waals surface area contributed by atoms with Crippen molar-refractivity contribution in [3.8, 4) is 11.5 Å². The first-order valence-corrected chi connectivity index (χ1v) is 10.3. The van der Waals surface area contributed by atoms with Gasteiger partial charge in [-0.3, -0.25) is 9.59 Å². The number of phenolic OH excluding ortho intramolecular Hbond substituents is 2. The molecule has 1 fully saturated rings. The molecule has 4 N–H and O–H groups in total. The summed E-state index contributed by atoms with van der Waals surface area (Å²) in [6, 6.07) is 11.3. The predicted octanol–water partition coefficient (Wildman–Crippen LogP) is 1.87. The second-order valence-electron chi connectivity index (χ2n) is 7.45. The van der Waals surface area contributed by atoms with Gasteiger partial charge in [-0.1, -0.05) is 24.3 Å². The maximum atomic E-state index is 12.9. The SMILES string of the molecule is O=C(NCC(=O)N1[C@@H](c2cccc(O)c2)CC[C@H]1C(=O)O)C(S)Cc1cccc(O)c1. The lowest BCUT2D eigenvalue weighted by molar-refractivity contribution is -0.149. The summed E-state index contributed by atoms with van der Waals surface area (Å²) in [5, 5.41) is 30.6. The molecule has 0 spiro atoms. The molecule has 164 valence electrons. The number of carbonyl (C=O) groups is 3. The highest BCUT2D eigenvalue weighted by Crippen LogP contribution is 2.37. The number of nitrogens with one attached hydrogen (secondary N) is 1. The van der Waals surface area contributed by atoms with Crippen LogP contribution in [0.15, 0.2) is 48.5 Å². The molecule has 1 saturated heterocycles. The molecule has 3 rings (SSSR count). The fraction of sp³-hybridized carbons (Fsp3) is 0.318. The van der Waals surface area contributed by atoms with Crippen molar-refractivity contribution in [2.75, 3.05) is 6.54 Å². The molecule has 8 nitrogen and oxygen atoms in total. The van der Waals surface area contributed by atoms with E-state index in [1.807, 2.05) is 0 Å². The zero-order chi connectivity index (χ0) is 22.5. The third-order valence-electron chi connectivity index (χ3n) is 5.27. The van der Waals surface area contributed by atoms with Crippen LogP contribution in [0.25, 0.3) is 0 Å². The van der Waals surface area contributed by atoms with E-state index in [1.54, 1.807) is 24.3 Å². The van der Waals surface area contributed by atoms with E-state index in [0.717, 1.165) is 5.56 Å². The Hall–Kier alpha value is -3.20. The van der Waals surface area contributed by atoms with E-state index in [-0.39, 0.29) is 30.9 Å². The van der Waals surface area contributed by atoms with Gasteiger partial charge in [-0.05, 0) is 54.7 Å². The first-order chi connectivity index (χ1) is 14.8. The number of phenols is 2. The predicted molar refractivity (Wildman–Crippen MR) is 116 cm³/mol. The quantitative estimate of drug-likeness (QED) is 0.415. The standard InChI is InChI=1S/C22H24N2O6S/c25-15-5-1-3-13(9-15)10-19(31)21(28)23-12-20(27)24-17(7-8-18(24)22(29)30)14-4-2-6-16(26)11-14/h1-6,9,11,17-19,25-26,31H,7-8,10,12H2,(H,23,28)(H,29,30)/t17-,18+,19?/m1/s1. The van der Waals surface area contributed by atoms with Crippen molar-refractivity contribution in [3.05, 3.63) is 59.7 Å². The number of nitrogens with zero attached hydrogens (tertiary/aromatic N) is 1. The number of aromatic hydroxyl groups is 2. The summed E-state index contributed by atoms with van der Waals surface area (Å²) in [6.45, 7) is -0.366. The van der Waals surface area contributed by atoms with Crippen molar-refractivity contribution in [1.82, 2.24) is 10.2 Å². The normalized spacial score (nSPS) is 19.1. The maximum Gasteiger partial charge on any atom is 0.326 e. The number of rotatable bonds is 7. The second-order valence-corrected chi connectivity index (χ2v) is 8.07. The van der Waals surface area contributed by atoms with E-state index >= 15 is 0 Å². The minimum atomic E-state index is -1.11. The van der Waals surface area contributed by atoms with Crippen molar-refractivity contribution < 1.29 is 29.7 Å². The van der Waals surface area contributed by atoms with Crippen LogP contribution < -0.4 is 5.32 Å². The van der Waals surface area contributed by atoms with Gasteiger partial charge in [-0.15, -0.1) is 0 Å². The summed E-state index contributed by atoms with van der Waals surface area (Å²) in [5.41, 5.74) is 1.36. The first kappa shape index (κ1) is 22.5. The number of benzene rings is 2. The summed E-state index contributed by atoms with van der Waals surface area (Å²) < 4.78 is 0. The summed E-state index contributed by atoms with van der Waals surface area (Å²) in [4.78, 5) is 38.2. The van der Waals surface area contributed by atoms with Crippen LogP contribution in [0.2, 0.25) is 0 Å². The number of carbonyl (C=O) groups excluding carboxylic acids is 2. The lowest BCUT2D eigenvalue weighted by Gasteiger charge is -2.29. The third-order valence-corrected chi connectivity index (χ3v) is 5.69. The smallest absolute Gasteiger partial charge is 0.326 e. The zero-order valence-electron chi connectivity index (χ0n) is 16.6. The minimum absolute atomic E-state index is 0.0295. The van der Waals surface area contributed by atoms with Gasteiger partial charge in [0.2, 0.25) is 11.8 Å². The topological polar surface area (TPSA) is 127 Å². The fourth-order valence-electron chi connectivity index (χ4n) is 3.83. The van der Waals surface area contributed by atoms with Gasteiger partial charge in [-0.2, -0.15) is 12.6 Å². The highest BCUT2D eigenvalue weighted by molar-refractivity contribution is 7.81. The molecule has 1 aliphatic heterocycles. The number of hydrogen-bond donors (Lipinski definition) is 5. The van der Waals surface area contributed by atoms with Gasteiger partial charge in [0, 0.05) is 0 Å². The molecule has 0 saturated carbocycles. The monoisotopic (exact) mass is 444 g/mol. The van der Waals surface area contributed by atoms with Crippen molar-refractivity contribution in [1.29, 1.82) is 0 Å². The zero-order valence-corrected chi connectivity index (χ0v) is 17.5. The molecule has 9 heteroatoms. The summed E-state index contributed by atoms with van der Waals surface area (Å²) in [7, 11) is 0.